The highest BCUT2D eigenvalue weighted by atomic mass is 19.1. The molecule has 3 aromatic rings. The molecule has 0 spiro atoms. The number of benzene rings is 1. The van der Waals surface area contributed by atoms with E-state index in [4.69, 9.17) is 5.73 Å². The van der Waals surface area contributed by atoms with Crippen molar-refractivity contribution in [2.75, 3.05) is 5.73 Å². The van der Waals surface area contributed by atoms with Crippen LogP contribution in [0.4, 0.5) is 10.1 Å². The minimum absolute atomic E-state index is 0.236. The van der Waals surface area contributed by atoms with Crippen molar-refractivity contribution in [3.8, 4) is 11.4 Å². The van der Waals surface area contributed by atoms with Gasteiger partial charge >= 0.3 is 0 Å². The summed E-state index contributed by atoms with van der Waals surface area (Å²) in [5.74, 6) is -0.236. The first kappa shape index (κ1) is 9.84. The molecule has 0 amide bonds. The summed E-state index contributed by atoms with van der Waals surface area (Å²) in [5.41, 5.74) is 8.47. The van der Waals surface area contributed by atoms with Crippen molar-refractivity contribution in [2.24, 2.45) is 0 Å². The molecule has 0 aliphatic rings. The Labute approximate surface area is 97.1 Å². The van der Waals surface area contributed by atoms with E-state index >= 15 is 0 Å². The van der Waals surface area contributed by atoms with Crippen LogP contribution < -0.4 is 5.73 Å². The second-order valence-corrected chi connectivity index (χ2v) is 3.86. The Bertz CT molecular complexity index is 671. The summed E-state index contributed by atoms with van der Waals surface area (Å²) in [5, 5.41) is 0.570. The van der Waals surface area contributed by atoms with Gasteiger partial charge in [0.1, 0.15) is 5.82 Å². The second-order valence-electron chi connectivity index (χ2n) is 3.86. The Hall–Kier alpha value is -2.36. The van der Waals surface area contributed by atoms with Gasteiger partial charge in [0.05, 0.1) is 23.3 Å². The van der Waals surface area contributed by atoms with Crippen LogP contribution in [0.3, 0.4) is 0 Å². The van der Waals surface area contributed by atoms with Crippen LogP contribution in [0.25, 0.3) is 22.3 Å². The van der Waals surface area contributed by atoms with Crippen LogP contribution in [-0.4, -0.2) is 9.97 Å². The SMILES string of the molecule is Nc1ccc(-c2cc3c(F)cccc3[nH]2)nc1. The Kier molecular flexibility index (Phi) is 2.08. The summed E-state index contributed by atoms with van der Waals surface area (Å²) < 4.78 is 13.5. The summed E-state index contributed by atoms with van der Waals surface area (Å²) in [6, 6.07) is 10.3. The zero-order valence-corrected chi connectivity index (χ0v) is 8.94. The van der Waals surface area contributed by atoms with Gasteiger partial charge in [0.2, 0.25) is 0 Å². The van der Waals surface area contributed by atoms with Crippen molar-refractivity contribution in [1.29, 1.82) is 0 Å². The number of fused-ring (bicyclic) bond motifs is 1. The van der Waals surface area contributed by atoms with Gasteiger partial charge in [0, 0.05) is 10.9 Å². The van der Waals surface area contributed by atoms with Crippen LogP contribution in [0.5, 0.6) is 0 Å². The third-order valence-electron chi connectivity index (χ3n) is 2.67. The molecule has 3 nitrogen and oxygen atoms in total. The maximum absolute atomic E-state index is 13.5. The van der Waals surface area contributed by atoms with Crippen molar-refractivity contribution in [1.82, 2.24) is 9.97 Å². The molecule has 84 valence electrons. The number of aromatic amines is 1. The smallest absolute Gasteiger partial charge is 0.132 e. The largest absolute Gasteiger partial charge is 0.397 e. The first-order chi connectivity index (χ1) is 8.24. The number of aromatic nitrogens is 2. The number of rotatable bonds is 1. The third-order valence-corrected chi connectivity index (χ3v) is 2.67. The van der Waals surface area contributed by atoms with Gasteiger partial charge in [-0.05, 0) is 30.3 Å². The Morgan fingerprint density at radius 3 is 2.76 bits per heavy atom. The fraction of sp³-hybridized carbons (Fsp3) is 0. The maximum atomic E-state index is 13.5. The number of nitrogens with one attached hydrogen (secondary N) is 1. The first-order valence-corrected chi connectivity index (χ1v) is 5.23. The monoisotopic (exact) mass is 227 g/mol. The number of halogens is 1. The number of hydrogen-bond acceptors (Lipinski definition) is 2. The lowest BCUT2D eigenvalue weighted by atomic mass is 10.2. The van der Waals surface area contributed by atoms with Gasteiger partial charge < -0.3 is 10.7 Å². The van der Waals surface area contributed by atoms with Gasteiger partial charge in [-0.15, -0.1) is 0 Å². The molecule has 0 unspecified atom stereocenters. The molecule has 0 saturated carbocycles. The summed E-state index contributed by atoms with van der Waals surface area (Å²) in [7, 11) is 0. The molecule has 4 heteroatoms. The van der Waals surface area contributed by atoms with Gasteiger partial charge in [0.15, 0.2) is 0 Å². The first-order valence-electron chi connectivity index (χ1n) is 5.23. The van der Waals surface area contributed by atoms with E-state index in [0.717, 1.165) is 16.9 Å². The van der Waals surface area contributed by atoms with E-state index in [-0.39, 0.29) is 5.82 Å². The molecular weight excluding hydrogens is 217 g/mol. The fourth-order valence-electron chi connectivity index (χ4n) is 1.82. The van der Waals surface area contributed by atoms with Crippen molar-refractivity contribution in [2.45, 2.75) is 0 Å². The standard InChI is InChI=1S/C13H10FN3/c14-10-2-1-3-11-9(10)6-13(17-11)12-5-4-8(15)7-16-12/h1-7,17H,15H2. The number of anilines is 1. The number of nitrogens with zero attached hydrogens (tertiary/aromatic N) is 1. The molecule has 3 N–H and O–H groups in total. The van der Waals surface area contributed by atoms with Gasteiger partial charge in [0.25, 0.3) is 0 Å². The molecule has 1 aromatic carbocycles. The number of pyridine rings is 1. The molecule has 17 heavy (non-hydrogen) atoms. The molecule has 0 aliphatic heterocycles. The second kappa shape index (κ2) is 3.59. The summed E-state index contributed by atoms with van der Waals surface area (Å²) in [4.78, 5) is 7.32. The lowest BCUT2D eigenvalue weighted by molar-refractivity contribution is 0.640. The highest BCUT2D eigenvalue weighted by Crippen LogP contribution is 2.24. The van der Waals surface area contributed by atoms with Gasteiger partial charge in [-0.2, -0.15) is 0 Å². The summed E-state index contributed by atoms with van der Waals surface area (Å²) in [6.45, 7) is 0. The number of nitrogens with two attached hydrogens (primary N) is 1. The third kappa shape index (κ3) is 1.63. The number of H-pyrrole nitrogens is 1. The van der Waals surface area contributed by atoms with Gasteiger partial charge in [-0.1, -0.05) is 6.07 Å². The Morgan fingerprint density at radius 1 is 1.18 bits per heavy atom. The van der Waals surface area contributed by atoms with Crippen LogP contribution in [0.15, 0.2) is 42.6 Å². The molecule has 0 saturated heterocycles. The molecule has 0 fully saturated rings. The van der Waals surface area contributed by atoms with Crippen LogP contribution in [0.2, 0.25) is 0 Å². The highest BCUT2D eigenvalue weighted by Gasteiger charge is 2.07. The molecule has 2 aromatic heterocycles. The predicted molar refractivity (Wildman–Crippen MR) is 65.9 cm³/mol. The van der Waals surface area contributed by atoms with Gasteiger partial charge in [-0.25, -0.2) is 4.39 Å². The molecule has 2 heterocycles. The number of nitrogen functional groups attached to an aromatic ring is 1. The lowest BCUT2D eigenvalue weighted by Crippen LogP contribution is -1.87. The van der Waals surface area contributed by atoms with E-state index in [1.807, 2.05) is 6.07 Å². The van der Waals surface area contributed by atoms with Crippen molar-refractivity contribution < 1.29 is 4.39 Å². The molecule has 0 bridgehead atoms. The van der Waals surface area contributed by atoms with Crippen LogP contribution in [0, 0.1) is 5.82 Å². The van der Waals surface area contributed by atoms with Crippen molar-refractivity contribution in [3.63, 3.8) is 0 Å². The normalized spacial score (nSPS) is 10.9. The van der Waals surface area contributed by atoms with E-state index in [1.54, 1.807) is 30.5 Å². The number of hydrogen-bond donors (Lipinski definition) is 2. The zero-order chi connectivity index (χ0) is 11.8. The predicted octanol–water partition coefficient (Wildman–Crippen LogP) is 2.95. The molecule has 0 aliphatic carbocycles. The molecular formula is C13H10FN3. The van der Waals surface area contributed by atoms with E-state index in [2.05, 4.69) is 9.97 Å². The maximum Gasteiger partial charge on any atom is 0.132 e. The van der Waals surface area contributed by atoms with Crippen molar-refractivity contribution in [3.05, 3.63) is 48.4 Å². The topological polar surface area (TPSA) is 54.7 Å². The average molecular weight is 227 g/mol. The zero-order valence-electron chi connectivity index (χ0n) is 8.94. The quantitative estimate of drug-likeness (QED) is 0.671. The van der Waals surface area contributed by atoms with E-state index in [1.165, 1.54) is 6.07 Å². The molecule has 0 atom stereocenters. The Balaban J connectivity index is 2.18. The fourth-order valence-corrected chi connectivity index (χ4v) is 1.82. The Morgan fingerprint density at radius 2 is 2.06 bits per heavy atom. The minimum Gasteiger partial charge on any atom is -0.397 e. The molecule has 3 rings (SSSR count). The lowest BCUT2D eigenvalue weighted by Gasteiger charge is -1.96. The highest BCUT2D eigenvalue weighted by molar-refractivity contribution is 5.85. The van der Waals surface area contributed by atoms with Crippen LogP contribution in [0.1, 0.15) is 0 Å². The van der Waals surface area contributed by atoms with Crippen molar-refractivity contribution >= 4 is 16.6 Å². The van der Waals surface area contributed by atoms with Gasteiger partial charge in [-0.3, -0.25) is 4.98 Å². The van der Waals surface area contributed by atoms with E-state index in [9.17, 15) is 4.39 Å². The van der Waals surface area contributed by atoms with Crippen LogP contribution >= 0.6 is 0 Å². The minimum atomic E-state index is -0.236. The van der Waals surface area contributed by atoms with E-state index < -0.39 is 0 Å². The van der Waals surface area contributed by atoms with E-state index in [0.29, 0.717) is 11.1 Å². The average Bonchev–Trinajstić information content (AvgIpc) is 2.75. The molecule has 0 radical (unpaired) electrons. The summed E-state index contributed by atoms with van der Waals surface area (Å²) >= 11 is 0. The van der Waals surface area contributed by atoms with Crippen LogP contribution in [-0.2, 0) is 0 Å². The summed E-state index contributed by atoms with van der Waals surface area (Å²) in [6.07, 6.45) is 1.58.